The Balaban J connectivity index is 2.15. The van der Waals surface area contributed by atoms with Crippen LogP contribution < -0.4 is 0 Å². The van der Waals surface area contributed by atoms with Gasteiger partial charge in [0.2, 0.25) is 0 Å². The van der Waals surface area contributed by atoms with Crippen LogP contribution in [0.3, 0.4) is 0 Å². The Morgan fingerprint density at radius 1 is 1.73 bits per heavy atom. The average molecular weight is 221 g/mol. The summed E-state index contributed by atoms with van der Waals surface area (Å²) >= 11 is 3.35. The van der Waals surface area contributed by atoms with Gasteiger partial charge in [-0.1, -0.05) is 15.9 Å². The molecule has 1 aliphatic rings. The summed E-state index contributed by atoms with van der Waals surface area (Å²) in [5, 5.41) is 0.994. The molecule has 2 nitrogen and oxygen atoms in total. The maximum absolute atomic E-state index is 11.1. The first-order valence-corrected chi connectivity index (χ1v) is 5.14. The Morgan fingerprint density at radius 3 is 3.00 bits per heavy atom. The highest BCUT2D eigenvalue weighted by atomic mass is 79.9. The summed E-state index contributed by atoms with van der Waals surface area (Å²) in [7, 11) is 0. The second-order valence-corrected chi connectivity index (χ2v) is 3.62. The van der Waals surface area contributed by atoms with Gasteiger partial charge in [-0.15, -0.1) is 0 Å². The first kappa shape index (κ1) is 9.04. The first-order chi connectivity index (χ1) is 5.29. The SMILES string of the molecule is CCOC(=O)[C@@H]1C[C@@H]1CCBr. The van der Waals surface area contributed by atoms with Crippen molar-refractivity contribution in [3.8, 4) is 0 Å². The number of rotatable bonds is 4. The molecule has 1 fully saturated rings. The summed E-state index contributed by atoms with van der Waals surface area (Å²) in [4.78, 5) is 11.1. The van der Waals surface area contributed by atoms with E-state index in [4.69, 9.17) is 4.74 Å². The minimum atomic E-state index is -0.00144. The minimum Gasteiger partial charge on any atom is -0.466 e. The van der Waals surface area contributed by atoms with E-state index in [2.05, 4.69) is 15.9 Å². The van der Waals surface area contributed by atoms with Gasteiger partial charge in [-0.2, -0.15) is 0 Å². The molecule has 0 bridgehead atoms. The molecule has 0 spiro atoms. The fraction of sp³-hybridized carbons (Fsp3) is 0.875. The molecule has 0 heterocycles. The van der Waals surface area contributed by atoms with Crippen LogP contribution in [0, 0.1) is 11.8 Å². The standard InChI is InChI=1S/C8H13BrO2/c1-2-11-8(10)7-5-6(7)3-4-9/h6-7H,2-5H2,1H3/t6-,7+/m0/s1. The van der Waals surface area contributed by atoms with Crippen LogP contribution in [0.2, 0.25) is 0 Å². The fourth-order valence-corrected chi connectivity index (χ4v) is 1.83. The maximum atomic E-state index is 11.1. The predicted molar refractivity (Wildman–Crippen MR) is 46.6 cm³/mol. The van der Waals surface area contributed by atoms with Crippen molar-refractivity contribution in [3.05, 3.63) is 0 Å². The Bertz CT molecular complexity index is 147. The molecule has 2 atom stereocenters. The number of hydrogen-bond acceptors (Lipinski definition) is 2. The molecule has 0 radical (unpaired) electrons. The Morgan fingerprint density at radius 2 is 2.45 bits per heavy atom. The van der Waals surface area contributed by atoms with E-state index in [1.165, 1.54) is 0 Å². The molecule has 0 N–H and O–H groups in total. The van der Waals surface area contributed by atoms with Crippen molar-refractivity contribution >= 4 is 21.9 Å². The van der Waals surface area contributed by atoms with Gasteiger partial charge in [0.25, 0.3) is 0 Å². The van der Waals surface area contributed by atoms with Crippen LogP contribution in [0.25, 0.3) is 0 Å². The normalized spacial score (nSPS) is 28.2. The Hall–Kier alpha value is -0.0500. The number of carbonyl (C=O) groups is 1. The van der Waals surface area contributed by atoms with E-state index in [9.17, 15) is 4.79 Å². The average Bonchev–Trinajstić information content (AvgIpc) is 2.69. The number of ether oxygens (including phenoxy) is 1. The summed E-state index contributed by atoms with van der Waals surface area (Å²) < 4.78 is 4.89. The Labute approximate surface area is 75.4 Å². The quantitative estimate of drug-likeness (QED) is 0.535. The molecule has 1 saturated carbocycles. The molecule has 0 saturated heterocycles. The molecular weight excluding hydrogens is 208 g/mol. The second-order valence-electron chi connectivity index (χ2n) is 2.83. The van der Waals surface area contributed by atoms with Crippen LogP contribution in [0.15, 0.2) is 0 Å². The van der Waals surface area contributed by atoms with Gasteiger partial charge < -0.3 is 4.74 Å². The lowest BCUT2D eigenvalue weighted by Crippen LogP contribution is -2.07. The monoisotopic (exact) mass is 220 g/mol. The van der Waals surface area contributed by atoms with E-state index in [0.29, 0.717) is 12.5 Å². The number of hydrogen-bond donors (Lipinski definition) is 0. The van der Waals surface area contributed by atoms with Crippen molar-refractivity contribution in [3.63, 3.8) is 0 Å². The van der Waals surface area contributed by atoms with Crippen molar-refractivity contribution in [2.75, 3.05) is 11.9 Å². The topological polar surface area (TPSA) is 26.3 Å². The molecule has 11 heavy (non-hydrogen) atoms. The minimum absolute atomic E-state index is 0.00144. The van der Waals surface area contributed by atoms with Crippen molar-refractivity contribution in [2.45, 2.75) is 19.8 Å². The molecule has 0 aromatic rings. The van der Waals surface area contributed by atoms with E-state index in [0.717, 1.165) is 18.2 Å². The zero-order valence-electron chi connectivity index (χ0n) is 6.68. The molecule has 3 heteroatoms. The van der Waals surface area contributed by atoms with Crippen LogP contribution in [0.5, 0.6) is 0 Å². The number of halogens is 1. The second kappa shape index (κ2) is 4.10. The maximum Gasteiger partial charge on any atom is 0.309 e. The third-order valence-corrected chi connectivity index (χ3v) is 2.45. The van der Waals surface area contributed by atoms with Crippen molar-refractivity contribution in [1.82, 2.24) is 0 Å². The number of esters is 1. The summed E-state index contributed by atoms with van der Waals surface area (Å²) in [5.41, 5.74) is 0. The highest BCUT2D eigenvalue weighted by molar-refractivity contribution is 9.09. The van der Waals surface area contributed by atoms with Gasteiger partial charge >= 0.3 is 5.97 Å². The largest absolute Gasteiger partial charge is 0.466 e. The van der Waals surface area contributed by atoms with Gasteiger partial charge in [0.1, 0.15) is 0 Å². The van der Waals surface area contributed by atoms with Gasteiger partial charge in [-0.05, 0) is 25.7 Å². The lowest BCUT2D eigenvalue weighted by molar-refractivity contribution is -0.145. The van der Waals surface area contributed by atoms with Crippen LogP contribution in [0.4, 0.5) is 0 Å². The lowest BCUT2D eigenvalue weighted by Gasteiger charge is -1.98. The predicted octanol–water partition coefficient (Wildman–Crippen LogP) is 1.97. The molecule has 1 rings (SSSR count). The molecule has 0 unspecified atom stereocenters. The summed E-state index contributed by atoms with van der Waals surface area (Å²) in [5.74, 6) is 0.805. The summed E-state index contributed by atoms with van der Waals surface area (Å²) in [6.07, 6.45) is 2.13. The highest BCUT2D eigenvalue weighted by Gasteiger charge is 2.43. The van der Waals surface area contributed by atoms with Crippen molar-refractivity contribution < 1.29 is 9.53 Å². The van der Waals surface area contributed by atoms with Gasteiger partial charge in [-0.25, -0.2) is 0 Å². The van der Waals surface area contributed by atoms with Crippen LogP contribution >= 0.6 is 15.9 Å². The molecular formula is C8H13BrO2. The molecule has 0 aromatic carbocycles. The number of alkyl halides is 1. The zero-order valence-corrected chi connectivity index (χ0v) is 8.26. The van der Waals surface area contributed by atoms with E-state index in [1.807, 2.05) is 6.92 Å². The van der Waals surface area contributed by atoms with E-state index in [-0.39, 0.29) is 11.9 Å². The van der Waals surface area contributed by atoms with Crippen LogP contribution in [-0.4, -0.2) is 17.9 Å². The molecule has 0 aromatic heterocycles. The zero-order chi connectivity index (χ0) is 8.27. The van der Waals surface area contributed by atoms with E-state index in [1.54, 1.807) is 0 Å². The molecule has 0 aliphatic heterocycles. The smallest absolute Gasteiger partial charge is 0.309 e. The lowest BCUT2D eigenvalue weighted by atomic mass is 10.2. The third kappa shape index (κ3) is 2.47. The van der Waals surface area contributed by atoms with Crippen LogP contribution in [0.1, 0.15) is 19.8 Å². The highest BCUT2D eigenvalue weighted by Crippen LogP contribution is 2.42. The van der Waals surface area contributed by atoms with E-state index < -0.39 is 0 Å². The van der Waals surface area contributed by atoms with Gasteiger partial charge in [-0.3, -0.25) is 4.79 Å². The van der Waals surface area contributed by atoms with Gasteiger partial charge in [0.05, 0.1) is 12.5 Å². The van der Waals surface area contributed by atoms with E-state index >= 15 is 0 Å². The third-order valence-electron chi connectivity index (χ3n) is 1.99. The number of carbonyl (C=O) groups excluding carboxylic acids is 1. The Kier molecular flexibility index (Phi) is 3.37. The molecule has 0 amide bonds. The van der Waals surface area contributed by atoms with Gasteiger partial charge in [0, 0.05) is 5.33 Å². The molecule has 64 valence electrons. The first-order valence-electron chi connectivity index (χ1n) is 4.02. The van der Waals surface area contributed by atoms with Crippen molar-refractivity contribution in [1.29, 1.82) is 0 Å². The van der Waals surface area contributed by atoms with Crippen LogP contribution in [-0.2, 0) is 9.53 Å². The summed E-state index contributed by atoms with van der Waals surface area (Å²) in [6.45, 7) is 2.36. The fourth-order valence-electron chi connectivity index (χ4n) is 1.24. The van der Waals surface area contributed by atoms with Crippen molar-refractivity contribution in [2.24, 2.45) is 11.8 Å². The molecule has 1 aliphatic carbocycles. The van der Waals surface area contributed by atoms with Gasteiger partial charge in [0.15, 0.2) is 0 Å². The summed E-state index contributed by atoms with van der Waals surface area (Å²) in [6, 6.07) is 0.